The number of nitrogens with zero attached hydrogens (tertiary/aromatic N) is 1. The van der Waals surface area contributed by atoms with Crippen molar-refractivity contribution in [2.45, 2.75) is 13.3 Å². The first kappa shape index (κ1) is 20.8. The van der Waals surface area contributed by atoms with Gasteiger partial charge in [0.1, 0.15) is 11.4 Å². The van der Waals surface area contributed by atoms with E-state index in [-0.39, 0.29) is 11.4 Å². The molecule has 2 rings (SSSR count). The monoisotopic (exact) mass is 386 g/mol. The van der Waals surface area contributed by atoms with Gasteiger partial charge in [-0.2, -0.15) is 0 Å². The molecule has 0 spiro atoms. The van der Waals surface area contributed by atoms with Crippen LogP contribution >= 0.6 is 0 Å². The number of amides is 1. The molecule has 0 saturated carbocycles. The Labute approximate surface area is 162 Å². The van der Waals surface area contributed by atoms with E-state index in [1.165, 1.54) is 32.4 Å². The number of carbonyl (C=O) groups is 1. The lowest BCUT2D eigenvalue weighted by molar-refractivity contribution is -0.384. The molecule has 8 nitrogen and oxygen atoms in total. The summed E-state index contributed by atoms with van der Waals surface area (Å²) in [4.78, 5) is 22.9. The van der Waals surface area contributed by atoms with E-state index in [2.05, 4.69) is 5.32 Å². The molecule has 2 aromatic rings. The Morgan fingerprint density at radius 2 is 1.89 bits per heavy atom. The topological polar surface area (TPSA) is 99.9 Å². The lowest BCUT2D eigenvalue weighted by Crippen LogP contribution is -2.10. The molecule has 0 unspecified atom stereocenters. The van der Waals surface area contributed by atoms with E-state index in [0.29, 0.717) is 29.4 Å². The predicted molar refractivity (Wildman–Crippen MR) is 106 cm³/mol. The fraction of sp³-hybridized carbons (Fsp3) is 0.250. The second-order valence-electron chi connectivity index (χ2n) is 5.72. The van der Waals surface area contributed by atoms with Crippen LogP contribution in [-0.2, 0) is 4.79 Å². The van der Waals surface area contributed by atoms with Gasteiger partial charge in [0.2, 0.25) is 5.91 Å². The molecule has 0 aromatic heterocycles. The minimum Gasteiger partial charge on any atom is -0.493 e. The molecule has 0 aliphatic heterocycles. The summed E-state index contributed by atoms with van der Waals surface area (Å²) in [6.45, 7) is 2.39. The van der Waals surface area contributed by atoms with Crippen molar-refractivity contribution < 1.29 is 23.9 Å². The summed E-state index contributed by atoms with van der Waals surface area (Å²) in [6.07, 6.45) is 3.64. The third kappa shape index (κ3) is 5.47. The predicted octanol–water partition coefficient (Wildman–Crippen LogP) is 4.05. The summed E-state index contributed by atoms with van der Waals surface area (Å²) in [6, 6.07) is 9.51. The molecule has 0 bridgehead atoms. The van der Waals surface area contributed by atoms with Crippen molar-refractivity contribution in [1.82, 2.24) is 0 Å². The SMILES string of the molecule is CCCOc1ccc(NC(=O)/C=C/c2ccc(OC)c(OC)c2)c([N+](=O)[O-])c1. The van der Waals surface area contributed by atoms with Crippen LogP contribution in [0.5, 0.6) is 17.2 Å². The van der Waals surface area contributed by atoms with Crippen molar-refractivity contribution in [3.8, 4) is 17.2 Å². The number of anilines is 1. The highest BCUT2D eigenvalue weighted by molar-refractivity contribution is 6.03. The average molecular weight is 386 g/mol. The number of nitrogens with one attached hydrogen (secondary N) is 1. The Morgan fingerprint density at radius 1 is 1.14 bits per heavy atom. The number of hydrogen-bond acceptors (Lipinski definition) is 6. The van der Waals surface area contributed by atoms with Gasteiger partial charge < -0.3 is 19.5 Å². The lowest BCUT2D eigenvalue weighted by Gasteiger charge is -2.08. The molecule has 0 atom stereocenters. The zero-order valence-electron chi connectivity index (χ0n) is 15.9. The van der Waals surface area contributed by atoms with Crippen molar-refractivity contribution in [2.24, 2.45) is 0 Å². The zero-order valence-corrected chi connectivity index (χ0v) is 15.9. The second kappa shape index (κ2) is 9.96. The Bertz CT molecular complexity index is 879. The summed E-state index contributed by atoms with van der Waals surface area (Å²) in [5, 5.41) is 13.8. The highest BCUT2D eigenvalue weighted by Crippen LogP contribution is 2.30. The summed E-state index contributed by atoms with van der Waals surface area (Å²) in [5.74, 6) is 0.987. The van der Waals surface area contributed by atoms with Gasteiger partial charge in [0.15, 0.2) is 11.5 Å². The van der Waals surface area contributed by atoms with Crippen molar-refractivity contribution in [3.05, 3.63) is 58.2 Å². The van der Waals surface area contributed by atoms with Crippen molar-refractivity contribution >= 4 is 23.4 Å². The minimum absolute atomic E-state index is 0.0933. The Hall–Kier alpha value is -3.55. The number of nitro benzene ring substituents is 1. The van der Waals surface area contributed by atoms with E-state index >= 15 is 0 Å². The molecule has 0 fully saturated rings. The fourth-order valence-corrected chi connectivity index (χ4v) is 2.38. The minimum atomic E-state index is -0.563. The molecule has 0 aliphatic carbocycles. The van der Waals surface area contributed by atoms with Crippen LogP contribution in [0.2, 0.25) is 0 Å². The van der Waals surface area contributed by atoms with Crippen LogP contribution in [0.1, 0.15) is 18.9 Å². The summed E-state index contributed by atoms with van der Waals surface area (Å²) >= 11 is 0. The van der Waals surface area contributed by atoms with Gasteiger partial charge in [0.05, 0.1) is 31.8 Å². The highest BCUT2D eigenvalue weighted by Gasteiger charge is 2.16. The first-order valence-corrected chi connectivity index (χ1v) is 8.60. The molecule has 2 aromatic carbocycles. The summed E-state index contributed by atoms with van der Waals surface area (Å²) in [7, 11) is 3.05. The maximum Gasteiger partial charge on any atom is 0.296 e. The number of nitro groups is 1. The van der Waals surface area contributed by atoms with E-state index in [4.69, 9.17) is 14.2 Å². The maximum atomic E-state index is 12.2. The average Bonchev–Trinajstić information content (AvgIpc) is 2.70. The largest absolute Gasteiger partial charge is 0.493 e. The van der Waals surface area contributed by atoms with Crippen LogP contribution < -0.4 is 19.5 Å². The number of rotatable bonds is 9. The van der Waals surface area contributed by atoms with Crippen LogP contribution in [0.4, 0.5) is 11.4 Å². The molecular weight excluding hydrogens is 364 g/mol. The van der Waals surface area contributed by atoms with Crippen LogP contribution in [0, 0.1) is 10.1 Å². The van der Waals surface area contributed by atoms with Gasteiger partial charge in [-0.05, 0) is 42.3 Å². The van der Waals surface area contributed by atoms with Crippen LogP contribution in [0.25, 0.3) is 6.08 Å². The maximum absolute atomic E-state index is 12.2. The number of methoxy groups -OCH3 is 2. The van der Waals surface area contributed by atoms with E-state index in [1.807, 2.05) is 6.92 Å². The normalized spacial score (nSPS) is 10.5. The molecule has 8 heteroatoms. The molecule has 0 aliphatic rings. The van der Waals surface area contributed by atoms with Gasteiger partial charge in [-0.3, -0.25) is 14.9 Å². The van der Waals surface area contributed by atoms with Gasteiger partial charge in [0.25, 0.3) is 5.69 Å². The van der Waals surface area contributed by atoms with Gasteiger partial charge >= 0.3 is 0 Å². The number of carbonyl (C=O) groups excluding carboxylic acids is 1. The standard InChI is InChI=1S/C20H22N2O6/c1-4-11-28-15-7-8-16(17(13-15)22(24)25)21-20(23)10-6-14-5-9-18(26-2)19(12-14)27-3/h5-10,12-13H,4,11H2,1-3H3,(H,21,23)/b10-6+. The third-order valence-electron chi connectivity index (χ3n) is 3.73. The molecule has 28 heavy (non-hydrogen) atoms. The zero-order chi connectivity index (χ0) is 20.5. The van der Waals surface area contributed by atoms with Crippen molar-refractivity contribution in [2.75, 3.05) is 26.1 Å². The number of ether oxygens (including phenoxy) is 3. The van der Waals surface area contributed by atoms with Gasteiger partial charge in [-0.15, -0.1) is 0 Å². The number of hydrogen-bond donors (Lipinski definition) is 1. The number of benzene rings is 2. The van der Waals surface area contributed by atoms with E-state index < -0.39 is 10.8 Å². The first-order valence-electron chi connectivity index (χ1n) is 8.60. The Balaban J connectivity index is 2.14. The van der Waals surface area contributed by atoms with Gasteiger partial charge in [-0.1, -0.05) is 13.0 Å². The third-order valence-corrected chi connectivity index (χ3v) is 3.73. The van der Waals surface area contributed by atoms with Crippen LogP contribution in [-0.4, -0.2) is 31.7 Å². The lowest BCUT2D eigenvalue weighted by atomic mass is 10.2. The highest BCUT2D eigenvalue weighted by atomic mass is 16.6. The second-order valence-corrected chi connectivity index (χ2v) is 5.72. The fourth-order valence-electron chi connectivity index (χ4n) is 2.38. The van der Waals surface area contributed by atoms with Gasteiger partial charge in [0, 0.05) is 6.08 Å². The van der Waals surface area contributed by atoms with E-state index in [1.54, 1.807) is 30.3 Å². The molecule has 1 N–H and O–H groups in total. The quantitative estimate of drug-likeness (QED) is 0.396. The summed E-state index contributed by atoms with van der Waals surface area (Å²) in [5.41, 5.74) is 0.572. The molecule has 148 valence electrons. The van der Waals surface area contributed by atoms with Crippen LogP contribution in [0.3, 0.4) is 0 Å². The molecule has 0 saturated heterocycles. The molecule has 0 radical (unpaired) electrons. The van der Waals surface area contributed by atoms with Crippen molar-refractivity contribution in [1.29, 1.82) is 0 Å². The molecular formula is C20H22N2O6. The Kier molecular flexibility index (Phi) is 7.38. The molecule has 0 heterocycles. The van der Waals surface area contributed by atoms with Crippen molar-refractivity contribution in [3.63, 3.8) is 0 Å². The first-order chi connectivity index (χ1) is 13.5. The van der Waals surface area contributed by atoms with E-state index in [0.717, 1.165) is 6.42 Å². The molecule has 1 amide bonds. The van der Waals surface area contributed by atoms with Gasteiger partial charge in [-0.25, -0.2) is 0 Å². The Morgan fingerprint density at radius 3 is 2.54 bits per heavy atom. The summed E-state index contributed by atoms with van der Waals surface area (Å²) < 4.78 is 15.8. The van der Waals surface area contributed by atoms with E-state index in [9.17, 15) is 14.9 Å². The van der Waals surface area contributed by atoms with Crippen LogP contribution in [0.15, 0.2) is 42.5 Å². The smallest absolute Gasteiger partial charge is 0.296 e.